The highest BCUT2D eigenvalue weighted by Gasteiger charge is 2.46. The second-order valence-corrected chi connectivity index (χ2v) is 8.15. The first kappa shape index (κ1) is 20.2. The number of rotatable bonds is 5. The van der Waals surface area contributed by atoms with E-state index in [4.69, 9.17) is 9.47 Å². The van der Waals surface area contributed by atoms with E-state index in [0.717, 1.165) is 23.5 Å². The number of imide groups is 2. The van der Waals surface area contributed by atoms with E-state index in [-0.39, 0.29) is 30.1 Å². The van der Waals surface area contributed by atoms with Crippen LogP contribution in [0.2, 0.25) is 0 Å². The predicted molar refractivity (Wildman–Crippen MR) is 112 cm³/mol. The average Bonchev–Trinajstić information content (AvgIpc) is 3.05. The number of nitrogens with one attached hydrogen (secondary N) is 1. The van der Waals surface area contributed by atoms with Crippen LogP contribution in [0.1, 0.15) is 52.0 Å². The summed E-state index contributed by atoms with van der Waals surface area (Å²) in [6.07, 6.45) is 2.67. The van der Waals surface area contributed by atoms with Crippen molar-refractivity contribution in [3.05, 3.63) is 59.2 Å². The normalized spacial score (nSPS) is 22.2. The minimum atomic E-state index is -0.997. The lowest BCUT2D eigenvalue weighted by atomic mass is 10.0. The first-order valence-corrected chi connectivity index (χ1v) is 10.7. The number of nitrogens with zero attached hydrogens (tertiary/aromatic N) is 1. The summed E-state index contributed by atoms with van der Waals surface area (Å²) in [5, 5.41) is 2.20. The Labute approximate surface area is 184 Å². The van der Waals surface area contributed by atoms with Gasteiger partial charge in [0.2, 0.25) is 11.8 Å². The van der Waals surface area contributed by atoms with Crippen molar-refractivity contribution < 1.29 is 28.7 Å². The molecule has 5 rings (SSSR count). The Balaban J connectivity index is 1.27. The number of aryl methyl sites for hydroxylation is 1. The van der Waals surface area contributed by atoms with Gasteiger partial charge in [-0.25, -0.2) is 0 Å². The predicted octanol–water partition coefficient (Wildman–Crippen LogP) is 2.25. The summed E-state index contributed by atoms with van der Waals surface area (Å²) in [6, 6.07) is 11.8. The molecule has 3 aliphatic heterocycles. The van der Waals surface area contributed by atoms with Gasteiger partial charge in [-0.15, -0.1) is 0 Å². The van der Waals surface area contributed by atoms with E-state index >= 15 is 0 Å². The van der Waals surface area contributed by atoms with Crippen LogP contribution in [0.5, 0.6) is 11.5 Å². The largest absolute Gasteiger partial charge is 0.493 e. The minimum Gasteiger partial charge on any atom is -0.493 e. The van der Waals surface area contributed by atoms with Gasteiger partial charge in [0.25, 0.3) is 11.8 Å². The fourth-order valence-corrected chi connectivity index (χ4v) is 4.49. The van der Waals surface area contributed by atoms with Crippen molar-refractivity contribution in [3.8, 4) is 11.5 Å². The first-order valence-electron chi connectivity index (χ1n) is 10.7. The lowest BCUT2D eigenvalue weighted by molar-refractivity contribution is -0.136. The van der Waals surface area contributed by atoms with Gasteiger partial charge >= 0.3 is 0 Å². The molecule has 0 bridgehead atoms. The maximum Gasteiger partial charge on any atom is 0.266 e. The van der Waals surface area contributed by atoms with Gasteiger partial charge in [0, 0.05) is 12.8 Å². The monoisotopic (exact) mass is 434 g/mol. The molecule has 0 spiro atoms. The van der Waals surface area contributed by atoms with Crippen LogP contribution in [-0.2, 0) is 16.0 Å². The first-order chi connectivity index (χ1) is 15.5. The number of benzene rings is 2. The number of para-hydroxylation sites is 1. The average molecular weight is 434 g/mol. The number of carbonyl (C=O) groups is 4. The van der Waals surface area contributed by atoms with Crippen LogP contribution in [0, 0.1) is 0 Å². The molecule has 2 aromatic rings. The summed E-state index contributed by atoms with van der Waals surface area (Å²) in [4.78, 5) is 50.6. The quantitative estimate of drug-likeness (QED) is 0.725. The lowest BCUT2D eigenvalue weighted by Gasteiger charge is -2.27. The standard InChI is InChI=1S/C24H22N2O6/c27-20-11-10-17(22(28)25-20)26-23(29)16-5-3-7-19(21(16)24(26)30)31-13-12-15-9-8-14-4-1-2-6-18(14)32-15/h1-7,15,17H,8-13H2,(H,25,27,28). The molecule has 8 heteroatoms. The van der Waals surface area contributed by atoms with Crippen LogP contribution in [0.25, 0.3) is 0 Å². The number of fused-ring (bicyclic) bond motifs is 2. The molecule has 1 saturated heterocycles. The van der Waals surface area contributed by atoms with Crippen LogP contribution in [0.3, 0.4) is 0 Å². The highest BCUT2D eigenvalue weighted by Crippen LogP contribution is 2.34. The molecule has 1 fully saturated rings. The molecule has 0 aromatic heterocycles. The SMILES string of the molecule is O=C1CCC(N2C(=O)c3cccc(OCCC4CCc5ccccc5O4)c3C2=O)C(=O)N1. The van der Waals surface area contributed by atoms with Crippen molar-refractivity contribution >= 4 is 23.6 Å². The molecule has 2 atom stereocenters. The molecular weight excluding hydrogens is 412 g/mol. The van der Waals surface area contributed by atoms with E-state index in [2.05, 4.69) is 11.4 Å². The van der Waals surface area contributed by atoms with Gasteiger partial charge in [-0.1, -0.05) is 24.3 Å². The van der Waals surface area contributed by atoms with Crippen molar-refractivity contribution in [2.24, 2.45) is 0 Å². The van der Waals surface area contributed by atoms with Crippen molar-refractivity contribution in [2.75, 3.05) is 6.61 Å². The number of carbonyl (C=O) groups excluding carboxylic acids is 4. The zero-order chi connectivity index (χ0) is 22.2. The minimum absolute atomic E-state index is 0.0129. The van der Waals surface area contributed by atoms with Gasteiger partial charge in [-0.3, -0.25) is 29.4 Å². The highest BCUT2D eigenvalue weighted by molar-refractivity contribution is 6.24. The van der Waals surface area contributed by atoms with E-state index in [1.165, 1.54) is 5.56 Å². The van der Waals surface area contributed by atoms with Gasteiger partial charge in [-0.2, -0.15) is 0 Å². The molecule has 3 heterocycles. The number of piperidine rings is 1. The number of amides is 4. The van der Waals surface area contributed by atoms with E-state index in [1.807, 2.05) is 18.2 Å². The molecule has 3 aliphatic rings. The zero-order valence-electron chi connectivity index (χ0n) is 17.3. The van der Waals surface area contributed by atoms with Crippen LogP contribution >= 0.6 is 0 Å². The van der Waals surface area contributed by atoms with E-state index < -0.39 is 29.7 Å². The Hall–Kier alpha value is -3.68. The third-order valence-corrected chi connectivity index (χ3v) is 6.13. The van der Waals surface area contributed by atoms with Gasteiger partial charge in [-0.05, 0) is 43.0 Å². The Bertz CT molecular complexity index is 1130. The fraction of sp³-hybridized carbons (Fsp3) is 0.333. The molecule has 4 amide bonds. The van der Waals surface area contributed by atoms with Crippen LogP contribution in [-0.4, -0.2) is 47.3 Å². The summed E-state index contributed by atoms with van der Waals surface area (Å²) in [5.41, 5.74) is 1.57. The van der Waals surface area contributed by atoms with Crippen LogP contribution < -0.4 is 14.8 Å². The van der Waals surface area contributed by atoms with Gasteiger partial charge in [0.15, 0.2) is 0 Å². The Morgan fingerprint density at radius 1 is 0.969 bits per heavy atom. The molecule has 1 N–H and O–H groups in total. The van der Waals surface area contributed by atoms with Crippen LogP contribution in [0.15, 0.2) is 42.5 Å². The highest BCUT2D eigenvalue weighted by atomic mass is 16.5. The van der Waals surface area contributed by atoms with Gasteiger partial charge in [0.05, 0.1) is 17.7 Å². The summed E-state index contributed by atoms with van der Waals surface area (Å²) >= 11 is 0. The maximum atomic E-state index is 13.1. The van der Waals surface area contributed by atoms with Crippen molar-refractivity contribution in [2.45, 2.75) is 44.2 Å². The van der Waals surface area contributed by atoms with Crippen LogP contribution in [0.4, 0.5) is 0 Å². The molecule has 2 unspecified atom stereocenters. The van der Waals surface area contributed by atoms with Crippen molar-refractivity contribution in [1.29, 1.82) is 0 Å². The topological polar surface area (TPSA) is 102 Å². The van der Waals surface area contributed by atoms with E-state index in [1.54, 1.807) is 18.2 Å². The third kappa shape index (κ3) is 3.51. The molecule has 0 saturated carbocycles. The van der Waals surface area contributed by atoms with Crippen molar-refractivity contribution in [3.63, 3.8) is 0 Å². The van der Waals surface area contributed by atoms with E-state index in [0.29, 0.717) is 18.8 Å². The summed E-state index contributed by atoms with van der Waals surface area (Å²) in [6.45, 7) is 0.323. The summed E-state index contributed by atoms with van der Waals surface area (Å²) in [7, 11) is 0. The molecule has 0 aliphatic carbocycles. The van der Waals surface area contributed by atoms with Crippen molar-refractivity contribution in [1.82, 2.24) is 10.2 Å². The Kier molecular flexibility index (Phi) is 5.13. The number of hydrogen-bond acceptors (Lipinski definition) is 6. The molecular formula is C24H22N2O6. The Morgan fingerprint density at radius 3 is 2.66 bits per heavy atom. The summed E-state index contributed by atoms with van der Waals surface area (Å²) in [5.74, 6) is -0.945. The fourth-order valence-electron chi connectivity index (χ4n) is 4.49. The molecule has 0 radical (unpaired) electrons. The van der Waals surface area contributed by atoms with Gasteiger partial charge < -0.3 is 9.47 Å². The molecule has 164 valence electrons. The number of ether oxygens (including phenoxy) is 2. The lowest BCUT2D eigenvalue weighted by Crippen LogP contribution is -2.54. The smallest absolute Gasteiger partial charge is 0.266 e. The maximum absolute atomic E-state index is 13.1. The zero-order valence-corrected chi connectivity index (χ0v) is 17.3. The van der Waals surface area contributed by atoms with E-state index in [9.17, 15) is 19.2 Å². The third-order valence-electron chi connectivity index (χ3n) is 6.13. The molecule has 32 heavy (non-hydrogen) atoms. The Morgan fingerprint density at radius 2 is 1.81 bits per heavy atom. The molecule has 2 aromatic carbocycles. The number of hydrogen-bond donors (Lipinski definition) is 1. The van der Waals surface area contributed by atoms with Gasteiger partial charge in [0.1, 0.15) is 23.6 Å². The second kappa shape index (κ2) is 8.11. The summed E-state index contributed by atoms with van der Waals surface area (Å²) < 4.78 is 11.9. The second-order valence-electron chi connectivity index (χ2n) is 8.15. The molecule has 8 nitrogen and oxygen atoms in total.